The Hall–Kier alpha value is -1.97. The molecule has 2 rings (SSSR count). The second-order valence-corrected chi connectivity index (χ2v) is 4.91. The summed E-state index contributed by atoms with van der Waals surface area (Å²) in [5.41, 5.74) is 2.18. The highest BCUT2D eigenvalue weighted by Crippen LogP contribution is 2.22. The van der Waals surface area contributed by atoms with Gasteiger partial charge in [-0.05, 0) is 30.6 Å². The number of thiocarbonyl (C=S) groups is 1. The zero-order valence-corrected chi connectivity index (χ0v) is 12.7. The SMILES string of the molecule is CCCCCc1ccc(-c2ncc(N=C=S)nc2F)cc1. The summed E-state index contributed by atoms with van der Waals surface area (Å²) in [6.45, 7) is 2.18. The smallest absolute Gasteiger partial charge is 0.241 e. The van der Waals surface area contributed by atoms with E-state index in [0.717, 1.165) is 6.42 Å². The molecule has 0 aliphatic heterocycles. The zero-order valence-electron chi connectivity index (χ0n) is 11.8. The van der Waals surface area contributed by atoms with Gasteiger partial charge >= 0.3 is 0 Å². The molecule has 0 radical (unpaired) electrons. The lowest BCUT2D eigenvalue weighted by atomic mass is 10.0. The molecule has 0 unspecified atom stereocenters. The number of aliphatic imine (C=N–C) groups is 1. The van der Waals surface area contributed by atoms with Crippen molar-refractivity contribution in [1.82, 2.24) is 9.97 Å². The average molecular weight is 301 g/mol. The van der Waals surface area contributed by atoms with E-state index >= 15 is 0 Å². The molecular weight excluding hydrogens is 285 g/mol. The number of benzene rings is 1. The number of aryl methyl sites for hydroxylation is 1. The Morgan fingerprint density at radius 1 is 1.24 bits per heavy atom. The lowest BCUT2D eigenvalue weighted by Crippen LogP contribution is -1.93. The van der Waals surface area contributed by atoms with E-state index in [4.69, 9.17) is 0 Å². The predicted molar refractivity (Wildman–Crippen MR) is 85.3 cm³/mol. The number of halogens is 1. The van der Waals surface area contributed by atoms with Crippen LogP contribution < -0.4 is 0 Å². The van der Waals surface area contributed by atoms with E-state index in [1.165, 1.54) is 31.0 Å². The number of aromatic nitrogens is 2. The van der Waals surface area contributed by atoms with Crippen molar-refractivity contribution in [2.24, 2.45) is 4.99 Å². The van der Waals surface area contributed by atoms with E-state index in [1.807, 2.05) is 24.3 Å². The molecule has 1 heterocycles. The van der Waals surface area contributed by atoms with Gasteiger partial charge in [-0.1, -0.05) is 44.0 Å². The fourth-order valence-corrected chi connectivity index (χ4v) is 2.15. The first kappa shape index (κ1) is 15.4. The molecule has 0 aliphatic carbocycles. The maximum absolute atomic E-state index is 13.9. The lowest BCUT2D eigenvalue weighted by molar-refractivity contribution is 0.582. The molecule has 21 heavy (non-hydrogen) atoms. The molecule has 0 bridgehead atoms. The Kier molecular flexibility index (Phi) is 5.67. The third-order valence-corrected chi connectivity index (χ3v) is 3.27. The molecule has 3 nitrogen and oxygen atoms in total. The predicted octanol–water partition coefficient (Wildman–Crippen LogP) is 4.75. The number of isothiocyanates is 1. The normalized spacial score (nSPS) is 10.2. The van der Waals surface area contributed by atoms with Crippen LogP contribution in [0.5, 0.6) is 0 Å². The van der Waals surface area contributed by atoms with Crippen molar-refractivity contribution in [3.05, 3.63) is 42.0 Å². The molecule has 0 saturated carbocycles. The highest BCUT2D eigenvalue weighted by atomic mass is 32.1. The van der Waals surface area contributed by atoms with Gasteiger partial charge in [0.05, 0.1) is 11.4 Å². The highest BCUT2D eigenvalue weighted by Gasteiger charge is 2.09. The topological polar surface area (TPSA) is 38.1 Å². The lowest BCUT2D eigenvalue weighted by Gasteiger charge is -2.05. The van der Waals surface area contributed by atoms with Crippen LogP contribution in [0.2, 0.25) is 0 Å². The van der Waals surface area contributed by atoms with Crippen molar-refractivity contribution in [2.75, 3.05) is 0 Å². The molecule has 0 amide bonds. The summed E-state index contributed by atoms with van der Waals surface area (Å²) < 4.78 is 13.9. The molecule has 5 heteroatoms. The van der Waals surface area contributed by atoms with Crippen molar-refractivity contribution in [2.45, 2.75) is 32.6 Å². The zero-order chi connectivity index (χ0) is 15.1. The van der Waals surface area contributed by atoms with Crippen LogP contribution in [0.3, 0.4) is 0 Å². The van der Waals surface area contributed by atoms with E-state index in [0.29, 0.717) is 5.56 Å². The number of rotatable bonds is 6. The summed E-state index contributed by atoms with van der Waals surface area (Å²) in [4.78, 5) is 11.4. The number of hydrogen-bond donors (Lipinski definition) is 0. The molecule has 0 saturated heterocycles. The van der Waals surface area contributed by atoms with Crippen molar-refractivity contribution < 1.29 is 4.39 Å². The maximum Gasteiger partial charge on any atom is 0.241 e. The molecule has 1 aromatic heterocycles. The Balaban J connectivity index is 2.16. The summed E-state index contributed by atoms with van der Waals surface area (Å²) in [5.74, 6) is -0.525. The first-order valence-corrected chi connectivity index (χ1v) is 7.35. The van der Waals surface area contributed by atoms with Gasteiger partial charge in [-0.2, -0.15) is 14.4 Å². The van der Waals surface area contributed by atoms with Crippen molar-refractivity contribution in [3.8, 4) is 11.3 Å². The molecule has 0 atom stereocenters. The van der Waals surface area contributed by atoms with Gasteiger partial charge in [-0.25, -0.2) is 4.98 Å². The van der Waals surface area contributed by atoms with Gasteiger partial charge in [0.2, 0.25) is 5.95 Å². The summed E-state index contributed by atoms with van der Waals surface area (Å²) in [7, 11) is 0. The highest BCUT2D eigenvalue weighted by molar-refractivity contribution is 7.78. The summed E-state index contributed by atoms with van der Waals surface area (Å²) >= 11 is 4.45. The Morgan fingerprint density at radius 3 is 2.62 bits per heavy atom. The Bertz CT molecular complexity index is 649. The Labute approximate surface area is 129 Å². The Morgan fingerprint density at radius 2 is 2.00 bits per heavy atom. The summed E-state index contributed by atoms with van der Waals surface area (Å²) in [6, 6.07) is 7.76. The fraction of sp³-hybridized carbons (Fsp3) is 0.312. The monoisotopic (exact) mass is 301 g/mol. The molecule has 0 N–H and O–H groups in total. The van der Waals surface area contributed by atoms with Crippen LogP contribution in [0, 0.1) is 5.95 Å². The molecule has 1 aromatic carbocycles. The average Bonchev–Trinajstić information content (AvgIpc) is 2.49. The first-order valence-electron chi connectivity index (χ1n) is 6.94. The largest absolute Gasteiger partial charge is 0.247 e. The third-order valence-electron chi connectivity index (χ3n) is 3.17. The van der Waals surface area contributed by atoms with Crippen molar-refractivity contribution in [3.63, 3.8) is 0 Å². The molecule has 2 aromatic rings. The van der Waals surface area contributed by atoms with Crippen molar-refractivity contribution >= 4 is 23.2 Å². The quantitative estimate of drug-likeness (QED) is 0.439. The van der Waals surface area contributed by atoms with Crippen LogP contribution >= 0.6 is 12.2 Å². The second kappa shape index (κ2) is 7.72. The summed E-state index contributed by atoms with van der Waals surface area (Å²) in [5, 5.41) is 2.14. The molecule has 108 valence electrons. The van der Waals surface area contributed by atoms with E-state index in [-0.39, 0.29) is 11.5 Å². The molecular formula is C16H16FN3S. The number of nitrogens with zero attached hydrogens (tertiary/aromatic N) is 3. The van der Waals surface area contributed by atoms with Gasteiger partial charge in [0.25, 0.3) is 0 Å². The minimum Gasteiger partial charge on any atom is -0.247 e. The van der Waals surface area contributed by atoms with Crippen LogP contribution in [-0.4, -0.2) is 15.1 Å². The van der Waals surface area contributed by atoms with Crippen LogP contribution in [0.4, 0.5) is 10.2 Å². The third kappa shape index (κ3) is 4.25. The van der Waals surface area contributed by atoms with Gasteiger partial charge in [0.1, 0.15) is 5.69 Å². The van der Waals surface area contributed by atoms with Crippen molar-refractivity contribution in [1.29, 1.82) is 0 Å². The minimum atomic E-state index is -0.653. The van der Waals surface area contributed by atoms with Crippen LogP contribution in [0.15, 0.2) is 35.5 Å². The number of unbranched alkanes of at least 4 members (excludes halogenated alkanes) is 2. The fourth-order valence-electron chi connectivity index (χ4n) is 2.06. The molecule has 0 aliphatic rings. The van der Waals surface area contributed by atoms with E-state index < -0.39 is 5.95 Å². The maximum atomic E-state index is 13.9. The molecule has 0 spiro atoms. The standard InChI is InChI=1S/C16H16FN3S/c1-2-3-4-5-12-6-8-13(9-7-12)15-16(17)20-14(10-18-15)19-11-21/h6-10H,2-5H2,1H3. The van der Waals surface area contributed by atoms with Gasteiger partial charge in [0, 0.05) is 5.56 Å². The van der Waals surface area contributed by atoms with E-state index in [2.05, 4.69) is 39.3 Å². The van der Waals surface area contributed by atoms with E-state index in [1.54, 1.807) is 0 Å². The second-order valence-electron chi connectivity index (χ2n) is 4.72. The summed E-state index contributed by atoms with van der Waals surface area (Å²) in [6.07, 6.45) is 6.03. The first-order chi connectivity index (χ1) is 10.2. The number of hydrogen-bond acceptors (Lipinski definition) is 4. The van der Waals surface area contributed by atoms with Crippen LogP contribution in [0.1, 0.15) is 31.7 Å². The van der Waals surface area contributed by atoms with Gasteiger partial charge < -0.3 is 0 Å². The van der Waals surface area contributed by atoms with Gasteiger partial charge in [-0.3, -0.25) is 0 Å². The van der Waals surface area contributed by atoms with E-state index in [9.17, 15) is 4.39 Å². The van der Waals surface area contributed by atoms with Crippen LogP contribution in [-0.2, 0) is 6.42 Å². The molecule has 0 fully saturated rings. The minimum absolute atomic E-state index is 0.127. The van der Waals surface area contributed by atoms with Gasteiger partial charge in [-0.15, -0.1) is 0 Å². The van der Waals surface area contributed by atoms with Gasteiger partial charge in [0.15, 0.2) is 5.82 Å². The van der Waals surface area contributed by atoms with Crippen LogP contribution in [0.25, 0.3) is 11.3 Å².